The summed E-state index contributed by atoms with van der Waals surface area (Å²) in [5.74, 6) is -0.113. The molecular formula is C9H12FNS. The van der Waals surface area contributed by atoms with Crippen LogP contribution in [0.1, 0.15) is 12.5 Å². The van der Waals surface area contributed by atoms with Crippen molar-refractivity contribution in [2.45, 2.75) is 18.2 Å². The molecule has 0 aliphatic carbocycles. The van der Waals surface area contributed by atoms with Crippen LogP contribution in [0.3, 0.4) is 0 Å². The highest BCUT2D eigenvalue weighted by Crippen LogP contribution is 2.18. The zero-order valence-corrected chi connectivity index (χ0v) is 8.04. The minimum Gasteiger partial charge on any atom is -0.263 e. The molecule has 0 radical (unpaired) electrons. The number of benzene rings is 1. The van der Waals surface area contributed by atoms with E-state index >= 15 is 0 Å². The molecule has 1 aromatic carbocycles. The van der Waals surface area contributed by atoms with Gasteiger partial charge in [0, 0.05) is 4.90 Å². The van der Waals surface area contributed by atoms with E-state index in [2.05, 4.69) is 4.72 Å². The summed E-state index contributed by atoms with van der Waals surface area (Å²) in [6.45, 7) is 1.95. The molecule has 12 heavy (non-hydrogen) atoms. The van der Waals surface area contributed by atoms with Crippen LogP contribution in [-0.4, -0.2) is 7.05 Å². The maximum absolute atomic E-state index is 13.1. The Bertz CT molecular complexity index is 263. The molecule has 0 spiro atoms. The van der Waals surface area contributed by atoms with E-state index in [1.807, 2.05) is 26.1 Å². The average Bonchev–Trinajstić information content (AvgIpc) is 2.05. The summed E-state index contributed by atoms with van der Waals surface area (Å²) in [4.78, 5) is 0.909. The first-order valence-electron chi connectivity index (χ1n) is 3.90. The fraction of sp³-hybridized carbons (Fsp3) is 0.333. The first kappa shape index (κ1) is 9.55. The number of hydrogen-bond acceptors (Lipinski definition) is 2. The van der Waals surface area contributed by atoms with Crippen molar-refractivity contribution in [2.75, 3.05) is 7.05 Å². The van der Waals surface area contributed by atoms with Crippen LogP contribution in [-0.2, 0) is 6.42 Å². The molecule has 0 fully saturated rings. The van der Waals surface area contributed by atoms with Crippen molar-refractivity contribution in [1.82, 2.24) is 4.72 Å². The Morgan fingerprint density at radius 3 is 2.75 bits per heavy atom. The molecule has 0 atom stereocenters. The Kier molecular flexibility index (Phi) is 3.56. The Morgan fingerprint density at radius 1 is 1.50 bits per heavy atom. The minimum absolute atomic E-state index is 0.113. The lowest BCUT2D eigenvalue weighted by Crippen LogP contribution is -1.93. The first-order valence-corrected chi connectivity index (χ1v) is 4.71. The SMILES string of the molecule is CCc1ccc(SNC)cc1F. The second kappa shape index (κ2) is 4.48. The molecule has 0 aliphatic rings. The number of aryl methyl sites for hydroxylation is 1. The monoisotopic (exact) mass is 185 g/mol. The van der Waals surface area contributed by atoms with E-state index in [4.69, 9.17) is 0 Å². The smallest absolute Gasteiger partial charge is 0.127 e. The molecule has 1 aromatic rings. The van der Waals surface area contributed by atoms with Gasteiger partial charge in [-0.15, -0.1) is 0 Å². The van der Waals surface area contributed by atoms with E-state index in [0.29, 0.717) is 0 Å². The lowest BCUT2D eigenvalue weighted by molar-refractivity contribution is 0.608. The third kappa shape index (κ3) is 2.22. The molecule has 0 aliphatic heterocycles. The van der Waals surface area contributed by atoms with E-state index in [1.54, 1.807) is 6.07 Å². The van der Waals surface area contributed by atoms with Crippen molar-refractivity contribution in [3.05, 3.63) is 29.6 Å². The van der Waals surface area contributed by atoms with E-state index in [1.165, 1.54) is 11.9 Å². The molecule has 1 N–H and O–H groups in total. The fourth-order valence-corrected chi connectivity index (χ4v) is 1.53. The van der Waals surface area contributed by atoms with Crippen LogP contribution in [0.5, 0.6) is 0 Å². The fourth-order valence-electron chi connectivity index (χ4n) is 0.996. The van der Waals surface area contributed by atoms with Crippen molar-refractivity contribution < 1.29 is 4.39 Å². The first-order chi connectivity index (χ1) is 5.77. The standard InChI is InChI=1S/C9H12FNS/c1-3-7-4-5-8(12-11-2)6-9(7)10/h4-6,11H,3H2,1-2H3. The zero-order chi connectivity index (χ0) is 8.97. The van der Waals surface area contributed by atoms with Crippen LogP contribution >= 0.6 is 11.9 Å². The molecule has 1 nitrogen and oxygen atoms in total. The number of rotatable bonds is 3. The molecule has 0 bridgehead atoms. The maximum Gasteiger partial charge on any atom is 0.127 e. The van der Waals surface area contributed by atoms with Crippen molar-refractivity contribution in [3.8, 4) is 0 Å². The van der Waals surface area contributed by atoms with Gasteiger partial charge >= 0.3 is 0 Å². The van der Waals surface area contributed by atoms with Crippen molar-refractivity contribution in [2.24, 2.45) is 0 Å². The molecule has 0 heterocycles. The molecule has 0 aromatic heterocycles. The van der Waals surface area contributed by atoms with Crippen molar-refractivity contribution in [3.63, 3.8) is 0 Å². The van der Waals surface area contributed by atoms with E-state index in [0.717, 1.165) is 16.9 Å². The summed E-state index contributed by atoms with van der Waals surface area (Å²) in [7, 11) is 1.82. The van der Waals surface area contributed by atoms with Gasteiger partial charge in [-0.3, -0.25) is 4.72 Å². The lowest BCUT2D eigenvalue weighted by atomic mass is 10.2. The number of halogens is 1. The zero-order valence-electron chi connectivity index (χ0n) is 7.23. The Labute approximate surface area is 76.5 Å². The summed E-state index contributed by atoms with van der Waals surface area (Å²) in [6, 6.07) is 5.30. The van der Waals surface area contributed by atoms with Gasteiger partial charge in [-0.05, 0) is 43.1 Å². The molecular weight excluding hydrogens is 173 g/mol. The second-order valence-corrected chi connectivity index (χ2v) is 3.50. The van der Waals surface area contributed by atoms with Gasteiger partial charge in [0.15, 0.2) is 0 Å². The summed E-state index contributed by atoms with van der Waals surface area (Å²) in [5.41, 5.74) is 0.774. The minimum atomic E-state index is -0.113. The van der Waals surface area contributed by atoms with Crippen LogP contribution in [0.25, 0.3) is 0 Å². The van der Waals surface area contributed by atoms with Crippen molar-refractivity contribution >= 4 is 11.9 Å². The van der Waals surface area contributed by atoms with Gasteiger partial charge in [0.2, 0.25) is 0 Å². The Morgan fingerprint density at radius 2 is 2.25 bits per heavy atom. The predicted octanol–water partition coefficient (Wildman–Crippen LogP) is 2.61. The van der Waals surface area contributed by atoms with Crippen LogP contribution in [0, 0.1) is 5.82 Å². The van der Waals surface area contributed by atoms with Crippen LogP contribution in [0.4, 0.5) is 4.39 Å². The van der Waals surface area contributed by atoms with Crippen LogP contribution in [0.15, 0.2) is 23.1 Å². The average molecular weight is 185 g/mol. The summed E-state index contributed by atoms with van der Waals surface area (Å²) < 4.78 is 16.0. The quantitative estimate of drug-likeness (QED) is 0.726. The van der Waals surface area contributed by atoms with Gasteiger partial charge in [0.25, 0.3) is 0 Å². The van der Waals surface area contributed by atoms with E-state index < -0.39 is 0 Å². The topological polar surface area (TPSA) is 12.0 Å². The molecule has 0 unspecified atom stereocenters. The van der Waals surface area contributed by atoms with E-state index in [-0.39, 0.29) is 5.82 Å². The van der Waals surface area contributed by atoms with E-state index in [9.17, 15) is 4.39 Å². The van der Waals surface area contributed by atoms with Gasteiger partial charge in [0.1, 0.15) is 5.82 Å². The summed E-state index contributed by atoms with van der Waals surface area (Å²) in [6.07, 6.45) is 0.746. The highest BCUT2D eigenvalue weighted by molar-refractivity contribution is 7.97. The lowest BCUT2D eigenvalue weighted by Gasteiger charge is -2.02. The summed E-state index contributed by atoms with van der Waals surface area (Å²) in [5, 5.41) is 0. The largest absolute Gasteiger partial charge is 0.263 e. The van der Waals surface area contributed by atoms with Gasteiger partial charge in [-0.25, -0.2) is 4.39 Å². The van der Waals surface area contributed by atoms with Gasteiger partial charge in [0.05, 0.1) is 0 Å². The molecule has 0 saturated carbocycles. The third-order valence-corrected chi connectivity index (χ3v) is 2.32. The predicted molar refractivity (Wildman–Crippen MR) is 50.7 cm³/mol. The van der Waals surface area contributed by atoms with Gasteiger partial charge < -0.3 is 0 Å². The molecule has 0 saturated heterocycles. The number of hydrogen-bond donors (Lipinski definition) is 1. The normalized spacial score (nSPS) is 10.2. The van der Waals surface area contributed by atoms with Gasteiger partial charge in [-0.2, -0.15) is 0 Å². The highest BCUT2D eigenvalue weighted by Gasteiger charge is 2.00. The molecule has 66 valence electrons. The molecule has 1 rings (SSSR count). The third-order valence-electron chi connectivity index (χ3n) is 1.63. The molecule has 0 amide bonds. The van der Waals surface area contributed by atoms with Crippen LogP contribution < -0.4 is 4.72 Å². The Hall–Kier alpha value is -0.540. The van der Waals surface area contributed by atoms with Gasteiger partial charge in [-0.1, -0.05) is 13.0 Å². The van der Waals surface area contributed by atoms with Crippen molar-refractivity contribution in [1.29, 1.82) is 0 Å². The highest BCUT2D eigenvalue weighted by atomic mass is 32.2. The maximum atomic E-state index is 13.1. The number of nitrogens with one attached hydrogen (secondary N) is 1. The molecule has 3 heteroatoms. The van der Waals surface area contributed by atoms with Crippen LogP contribution in [0.2, 0.25) is 0 Å². The summed E-state index contributed by atoms with van der Waals surface area (Å²) >= 11 is 1.42. The second-order valence-electron chi connectivity index (χ2n) is 2.41. The Balaban J connectivity index is 2.86.